The van der Waals surface area contributed by atoms with Crippen LogP contribution in [0, 0.1) is 0 Å². The average molecular weight is 292 g/mol. The van der Waals surface area contributed by atoms with Crippen LogP contribution in [-0.4, -0.2) is 49.9 Å². The molecule has 0 amide bonds. The normalized spacial score (nSPS) is 21.0. The molecule has 2 atom stereocenters. The van der Waals surface area contributed by atoms with E-state index in [-0.39, 0.29) is 0 Å². The standard InChI is InChI=1S/C17H28N2O2/c1-17(20,12-19(2)3)11-18-16-7-5-6-13-8-9-14(21-4)10-15(13)16/h8-10,16,18,20H,5-7,11-12H2,1-4H3. The lowest BCUT2D eigenvalue weighted by molar-refractivity contribution is 0.0307. The second-order valence-corrected chi connectivity index (χ2v) is 6.63. The summed E-state index contributed by atoms with van der Waals surface area (Å²) in [5.74, 6) is 0.905. The minimum absolute atomic E-state index is 0.303. The molecule has 0 saturated carbocycles. The number of methoxy groups -OCH3 is 1. The molecule has 0 heterocycles. The average Bonchev–Trinajstić information content (AvgIpc) is 2.43. The first-order valence-corrected chi connectivity index (χ1v) is 7.68. The molecule has 21 heavy (non-hydrogen) atoms. The van der Waals surface area contributed by atoms with Gasteiger partial charge in [0.25, 0.3) is 0 Å². The Labute approximate surface area is 128 Å². The molecular formula is C17H28N2O2. The van der Waals surface area contributed by atoms with Crippen molar-refractivity contribution >= 4 is 0 Å². The number of fused-ring (bicyclic) bond motifs is 1. The van der Waals surface area contributed by atoms with Crippen molar-refractivity contribution in [3.05, 3.63) is 29.3 Å². The number of likely N-dealkylation sites (N-methyl/N-ethyl adjacent to an activating group) is 1. The first-order valence-electron chi connectivity index (χ1n) is 7.68. The Morgan fingerprint density at radius 1 is 1.43 bits per heavy atom. The zero-order chi connectivity index (χ0) is 15.5. The Balaban J connectivity index is 2.06. The van der Waals surface area contributed by atoms with E-state index < -0.39 is 5.60 Å². The lowest BCUT2D eigenvalue weighted by atomic mass is 9.87. The molecule has 4 heteroatoms. The fourth-order valence-electron chi connectivity index (χ4n) is 3.20. The van der Waals surface area contributed by atoms with Gasteiger partial charge < -0.3 is 20.1 Å². The van der Waals surface area contributed by atoms with Gasteiger partial charge in [-0.3, -0.25) is 0 Å². The summed E-state index contributed by atoms with van der Waals surface area (Å²) < 4.78 is 5.34. The molecule has 118 valence electrons. The molecule has 0 radical (unpaired) electrons. The molecule has 0 spiro atoms. The van der Waals surface area contributed by atoms with Crippen LogP contribution < -0.4 is 10.1 Å². The maximum atomic E-state index is 10.4. The number of hydrogen-bond donors (Lipinski definition) is 2. The molecule has 2 N–H and O–H groups in total. The van der Waals surface area contributed by atoms with Gasteiger partial charge in [0.05, 0.1) is 12.7 Å². The molecule has 1 aromatic carbocycles. The molecule has 0 aliphatic heterocycles. The van der Waals surface area contributed by atoms with Crippen LogP contribution in [0.25, 0.3) is 0 Å². The number of nitrogens with one attached hydrogen (secondary N) is 1. The molecule has 0 bridgehead atoms. The van der Waals surface area contributed by atoms with Crippen molar-refractivity contribution in [2.75, 3.05) is 34.3 Å². The molecule has 2 rings (SSSR count). The van der Waals surface area contributed by atoms with Crippen LogP contribution in [0.4, 0.5) is 0 Å². The van der Waals surface area contributed by atoms with Gasteiger partial charge in [0.1, 0.15) is 5.75 Å². The van der Waals surface area contributed by atoms with Crippen LogP contribution >= 0.6 is 0 Å². The third-order valence-corrected chi connectivity index (χ3v) is 4.05. The largest absolute Gasteiger partial charge is 0.497 e. The van der Waals surface area contributed by atoms with Gasteiger partial charge in [-0.2, -0.15) is 0 Å². The first-order chi connectivity index (χ1) is 9.91. The van der Waals surface area contributed by atoms with E-state index in [1.807, 2.05) is 32.0 Å². The molecular weight excluding hydrogens is 264 g/mol. The molecule has 2 unspecified atom stereocenters. The molecule has 0 saturated heterocycles. The smallest absolute Gasteiger partial charge is 0.119 e. The molecule has 0 fully saturated rings. The van der Waals surface area contributed by atoms with E-state index in [9.17, 15) is 5.11 Å². The number of aliphatic hydroxyl groups is 1. The summed E-state index contributed by atoms with van der Waals surface area (Å²) in [4.78, 5) is 2.01. The monoisotopic (exact) mass is 292 g/mol. The van der Waals surface area contributed by atoms with Crippen molar-refractivity contribution in [2.24, 2.45) is 0 Å². The summed E-state index contributed by atoms with van der Waals surface area (Å²) >= 11 is 0. The van der Waals surface area contributed by atoms with E-state index in [0.29, 0.717) is 19.1 Å². The van der Waals surface area contributed by atoms with E-state index in [0.717, 1.165) is 18.6 Å². The first kappa shape index (κ1) is 16.3. The van der Waals surface area contributed by atoms with Crippen molar-refractivity contribution in [1.29, 1.82) is 0 Å². The number of rotatable bonds is 6. The highest BCUT2D eigenvalue weighted by Crippen LogP contribution is 2.32. The zero-order valence-corrected chi connectivity index (χ0v) is 13.6. The van der Waals surface area contributed by atoms with Crippen LogP contribution in [0.1, 0.15) is 36.9 Å². The summed E-state index contributed by atoms with van der Waals surface area (Å²) in [6.45, 7) is 3.12. The van der Waals surface area contributed by atoms with E-state index in [1.54, 1.807) is 7.11 Å². The molecule has 4 nitrogen and oxygen atoms in total. The van der Waals surface area contributed by atoms with Gasteiger partial charge in [-0.05, 0) is 63.5 Å². The third-order valence-electron chi connectivity index (χ3n) is 4.05. The fraction of sp³-hybridized carbons (Fsp3) is 0.647. The number of nitrogens with zero attached hydrogens (tertiary/aromatic N) is 1. The van der Waals surface area contributed by atoms with Crippen molar-refractivity contribution in [3.63, 3.8) is 0 Å². The van der Waals surface area contributed by atoms with Crippen LogP contribution in [0.15, 0.2) is 18.2 Å². The second-order valence-electron chi connectivity index (χ2n) is 6.63. The van der Waals surface area contributed by atoms with E-state index in [2.05, 4.69) is 17.4 Å². The van der Waals surface area contributed by atoms with Gasteiger partial charge in [0.15, 0.2) is 0 Å². The summed E-state index contributed by atoms with van der Waals surface area (Å²) in [6, 6.07) is 6.63. The van der Waals surface area contributed by atoms with Crippen LogP contribution in [0.3, 0.4) is 0 Å². The Morgan fingerprint density at radius 3 is 2.86 bits per heavy atom. The SMILES string of the molecule is COc1ccc2c(c1)C(NCC(C)(O)CN(C)C)CCC2. The topological polar surface area (TPSA) is 44.7 Å². The number of hydrogen-bond acceptors (Lipinski definition) is 4. The van der Waals surface area contributed by atoms with Crippen LogP contribution in [-0.2, 0) is 6.42 Å². The lowest BCUT2D eigenvalue weighted by Gasteiger charge is -2.32. The van der Waals surface area contributed by atoms with E-state index in [4.69, 9.17) is 4.74 Å². The maximum Gasteiger partial charge on any atom is 0.119 e. The summed E-state index contributed by atoms with van der Waals surface area (Å²) in [5.41, 5.74) is 1.99. The van der Waals surface area contributed by atoms with Gasteiger partial charge in [0.2, 0.25) is 0 Å². The molecule has 1 aliphatic rings. The summed E-state index contributed by atoms with van der Waals surface area (Å²) in [5, 5.41) is 14.0. The Kier molecular flexibility index (Phi) is 5.25. The number of benzene rings is 1. The molecule has 1 aromatic rings. The number of ether oxygens (including phenoxy) is 1. The quantitative estimate of drug-likeness (QED) is 0.841. The second kappa shape index (κ2) is 6.77. The zero-order valence-electron chi connectivity index (χ0n) is 13.6. The number of aryl methyl sites for hydroxylation is 1. The predicted molar refractivity (Wildman–Crippen MR) is 85.9 cm³/mol. The highest BCUT2D eigenvalue weighted by Gasteiger charge is 2.26. The maximum absolute atomic E-state index is 10.4. The van der Waals surface area contributed by atoms with Gasteiger partial charge in [-0.25, -0.2) is 0 Å². The van der Waals surface area contributed by atoms with Crippen molar-refractivity contribution in [3.8, 4) is 5.75 Å². The Hall–Kier alpha value is -1.10. The highest BCUT2D eigenvalue weighted by molar-refractivity contribution is 5.39. The summed E-state index contributed by atoms with van der Waals surface area (Å²) in [6.07, 6.45) is 3.43. The highest BCUT2D eigenvalue weighted by atomic mass is 16.5. The lowest BCUT2D eigenvalue weighted by Crippen LogP contribution is -2.46. The Morgan fingerprint density at radius 2 is 2.19 bits per heavy atom. The predicted octanol–water partition coefficient (Wildman–Crippen LogP) is 1.97. The minimum Gasteiger partial charge on any atom is -0.497 e. The van der Waals surface area contributed by atoms with Gasteiger partial charge >= 0.3 is 0 Å². The van der Waals surface area contributed by atoms with E-state index in [1.165, 1.54) is 17.5 Å². The van der Waals surface area contributed by atoms with Gasteiger partial charge in [0, 0.05) is 19.1 Å². The van der Waals surface area contributed by atoms with Gasteiger partial charge in [-0.15, -0.1) is 0 Å². The van der Waals surface area contributed by atoms with Crippen LogP contribution in [0.2, 0.25) is 0 Å². The third kappa shape index (κ3) is 4.43. The fourth-order valence-corrected chi connectivity index (χ4v) is 3.20. The molecule has 0 aromatic heterocycles. The van der Waals surface area contributed by atoms with Crippen molar-refractivity contribution in [2.45, 2.75) is 37.8 Å². The van der Waals surface area contributed by atoms with Crippen molar-refractivity contribution in [1.82, 2.24) is 10.2 Å². The van der Waals surface area contributed by atoms with Gasteiger partial charge in [-0.1, -0.05) is 6.07 Å². The van der Waals surface area contributed by atoms with E-state index >= 15 is 0 Å². The Bertz CT molecular complexity index is 472. The van der Waals surface area contributed by atoms with Crippen LogP contribution in [0.5, 0.6) is 5.75 Å². The molecule has 1 aliphatic carbocycles. The van der Waals surface area contributed by atoms with Crippen molar-refractivity contribution < 1.29 is 9.84 Å². The minimum atomic E-state index is -0.722. The summed E-state index contributed by atoms with van der Waals surface area (Å²) in [7, 11) is 5.67.